The van der Waals surface area contributed by atoms with Gasteiger partial charge in [-0.05, 0) is 42.5 Å². The Balaban J connectivity index is 2.04. The van der Waals surface area contributed by atoms with E-state index in [1.54, 1.807) is 11.5 Å². The zero-order valence-electron chi connectivity index (χ0n) is 11.2. The molecule has 0 saturated carbocycles. The Morgan fingerprint density at radius 1 is 1.28 bits per heavy atom. The normalized spacial score (nSPS) is 11.1. The minimum absolute atomic E-state index is 0.689. The van der Waals surface area contributed by atoms with Crippen molar-refractivity contribution in [2.45, 2.75) is 27.3 Å². The minimum atomic E-state index is 0.689. The molecular formula is C15H20N2S. The van der Waals surface area contributed by atoms with Crippen molar-refractivity contribution in [1.82, 2.24) is 9.69 Å². The third-order valence-electron chi connectivity index (χ3n) is 2.83. The second-order valence-corrected chi connectivity index (χ2v) is 5.91. The lowest BCUT2D eigenvalue weighted by Gasteiger charge is -2.04. The topological polar surface area (TPSA) is 24.9 Å². The monoisotopic (exact) mass is 260 g/mol. The largest absolute Gasteiger partial charge is 0.312 e. The molecule has 0 amide bonds. The molecule has 18 heavy (non-hydrogen) atoms. The molecule has 0 unspecified atom stereocenters. The predicted octanol–water partition coefficient (Wildman–Crippen LogP) is 3.86. The lowest BCUT2D eigenvalue weighted by atomic mass is 10.1. The van der Waals surface area contributed by atoms with E-state index in [1.807, 2.05) is 0 Å². The Labute approximate surface area is 113 Å². The lowest BCUT2D eigenvalue weighted by Crippen LogP contribution is -2.18. The molecule has 0 spiro atoms. The van der Waals surface area contributed by atoms with E-state index >= 15 is 0 Å². The molecule has 1 heterocycles. The summed E-state index contributed by atoms with van der Waals surface area (Å²) in [5.74, 6) is 0.689. The number of rotatable bonds is 5. The number of hydrogen-bond acceptors (Lipinski definition) is 3. The molecule has 0 bridgehead atoms. The van der Waals surface area contributed by atoms with Crippen LogP contribution in [0.1, 0.15) is 24.3 Å². The average Bonchev–Trinajstić information content (AvgIpc) is 2.78. The van der Waals surface area contributed by atoms with Gasteiger partial charge in [0.2, 0.25) is 0 Å². The molecule has 2 rings (SSSR count). The van der Waals surface area contributed by atoms with Crippen molar-refractivity contribution in [3.8, 4) is 11.3 Å². The van der Waals surface area contributed by atoms with Gasteiger partial charge in [-0.1, -0.05) is 38.1 Å². The van der Waals surface area contributed by atoms with E-state index in [4.69, 9.17) is 0 Å². The van der Waals surface area contributed by atoms with Crippen LogP contribution in [0.3, 0.4) is 0 Å². The zero-order valence-corrected chi connectivity index (χ0v) is 12.1. The van der Waals surface area contributed by atoms with E-state index < -0.39 is 0 Å². The van der Waals surface area contributed by atoms with Crippen molar-refractivity contribution in [2.75, 3.05) is 6.54 Å². The van der Waals surface area contributed by atoms with Crippen LogP contribution in [0, 0.1) is 12.8 Å². The van der Waals surface area contributed by atoms with E-state index in [2.05, 4.69) is 60.8 Å². The summed E-state index contributed by atoms with van der Waals surface area (Å²) in [6.07, 6.45) is 0. The number of aryl methyl sites for hydroxylation is 1. The van der Waals surface area contributed by atoms with E-state index in [0.717, 1.165) is 18.8 Å². The molecule has 0 saturated heterocycles. The molecule has 0 radical (unpaired) electrons. The fourth-order valence-corrected chi connectivity index (χ4v) is 2.57. The summed E-state index contributed by atoms with van der Waals surface area (Å²) in [5.41, 5.74) is 3.62. The maximum absolute atomic E-state index is 4.55. The van der Waals surface area contributed by atoms with Gasteiger partial charge in [0.25, 0.3) is 0 Å². The highest BCUT2D eigenvalue weighted by Gasteiger charge is 2.06. The molecule has 0 aliphatic rings. The van der Waals surface area contributed by atoms with Crippen LogP contribution >= 0.6 is 11.5 Å². The summed E-state index contributed by atoms with van der Waals surface area (Å²) in [4.78, 5) is 1.30. The first-order valence-electron chi connectivity index (χ1n) is 6.39. The van der Waals surface area contributed by atoms with Crippen molar-refractivity contribution >= 4 is 11.5 Å². The number of hydrogen-bond donors (Lipinski definition) is 1. The SMILES string of the molecule is Cc1ccccc1-c1cc(CNCC(C)C)sn1. The van der Waals surface area contributed by atoms with Crippen LogP contribution in [0.4, 0.5) is 0 Å². The van der Waals surface area contributed by atoms with Crippen LogP contribution < -0.4 is 5.32 Å². The number of aromatic nitrogens is 1. The van der Waals surface area contributed by atoms with Crippen molar-refractivity contribution in [1.29, 1.82) is 0 Å². The van der Waals surface area contributed by atoms with E-state index in [1.165, 1.54) is 16.0 Å². The van der Waals surface area contributed by atoms with Gasteiger partial charge in [0.1, 0.15) is 0 Å². The Morgan fingerprint density at radius 3 is 2.78 bits per heavy atom. The van der Waals surface area contributed by atoms with Crippen LogP contribution in [0.15, 0.2) is 30.3 Å². The van der Waals surface area contributed by atoms with Crippen molar-refractivity contribution < 1.29 is 0 Å². The molecule has 1 N–H and O–H groups in total. The van der Waals surface area contributed by atoms with Crippen LogP contribution in [0.25, 0.3) is 11.3 Å². The smallest absolute Gasteiger partial charge is 0.0846 e. The van der Waals surface area contributed by atoms with Gasteiger partial charge in [-0.15, -0.1) is 0 Å². The molecule has 0 aliphatic heterocycles. The number of benzene rings is 1. The minimum Gasteiger partial charge on any atom is -0.312 e. The first-order chi connectivity index (χ1) is 8.66. The molecule has 3 heteroatoms. The lowest BCUT2D eigenvalue weighted by molar-refractivity contribution is 0.555. The van der Waals surface area contributed by atoms with Gasteiger partial charge >= 0.3 is 0 Å². The quantitative estimate of drug-likeness (QED) is 0.883. The molecule has 2 aromatic rings. The predicted molar refractivity (Wildman–Crippen MR) is 78.8 cm³/mol. The van der Waals surface area contributed by atoms with Gasteiger partial charge in [0.15, 0.2) is 0 Å². The van der Waals surface area contributed by atoms with Gasteiger partial charge in [-0.25, -0.2) is 0 Å². The molecule has 1 aromatic heterocycles. The molecule has 0 fully saturated rings. The summed E-state index contributed by atoms with van der Waals surface area (Å²) < 4.78 is 4.55. The number of nitrogens with zero attached hydrogens (tertiary/aromatic N) is 1. The van der Waals surface area contributed by atoms with E-state index in [-0.39, 0.29) is 0 Å². The van der Waals surface area contributed by atoms with Crippen LogP contribution in [-0.4, -0.2) is 10.9 Å². The van der Waals surface area contributed by atoms with Crippen LogP contribution in [-0.2, 0) is 6.54 Å². The summed E-state index contributed by atoms with van der Waals surface area (Å²) in [5, 5.41) is 3.45. The van der Waals surface area contributed by atoms with Crippen molar-refractivity contribution in [3.63, 3.8) is 0 Å². The summed E-state index contributed by atoms with van der Waals surface area (Å²) in [7, 11) is 0. The summed E-state index contributed by atoms with van der Waals surface area (Å²) in [6, 6.07) is 10.6. The molecule has 2 nitrogen and oxygen atoms in total. The Morgan fingerprint density at radius 2 is 2.06 bits per heavy atom. The van der Waals surface area contributed by atoms with E-state index in [9.17, 15) is 0 Å². The summed E-state index contributed by atoms with van der Waals surface area (Å²) in [6.45, 7) is 8.54. The van der Waals surface area contributed by atoms with Gasteiger partial charge in [-0.3, -0.25) is 0 Å². The standard InChI is InChI=1S/C15H20N2S/c1-11(2)9-16-10-13-8-15(17-18-13)14-7-5-4-6-12(14)3/h4-8,11,16H,9-10H2,1-3H3. The second-order valence-electron chi connectivity index (χ2n) is 5.02. The molecule has 0 aliphatic carbocycles. The van der Waals surface area contributed by atoms with Crippen molar-refractivity contribution in [3.05, 3.63) is 40.8 Å². The fourth-order valence-electron chi connectivity index (χ4n) is 1.87. The Hall–Kier alpha value is -1.19. The molecule has 96 valence electrons. The number of nitrogens with one attached hydrogen (secondary N) is 1. The van der Waals surface area contributed by atoms with Crippen LogP contribution in [0.5, 0.6) is 0 Å². The highest BCUT2D eigenvalue weighted by molar-refractivity contribution is 7.06. The maximum atomic E-state index is 4.55. The maximum Gasteiger partial charge on any atom is 0.0846 e. The third-order valence-corrected chi connectivity index (χ3v) is 3.62. The second kappa shape index (κ2) is 6.12. The molecule has 1 aromatic carbocycles. The zero-order chi connectivity index (χ0) is 13.0. The van der Waals surface area contributed by atoms with Crippen LogP contribution in [0.2, 0.25) is 0 Å². The fraction of sp³-hybridized carbons (Fsp3) is 0.400. The highest BCUT2D eigenvalue weighted by atomic mass is 32.1. The van der Waals surface area contributed by atoms with Gasteiger partial charge in [0, 0.05) is 17.0 Å². The Kier molecular flexibility index (Phi) is 4.50. The Bertz CT molecular complexity index is 503. The highest BCUT2D eigenvalue weighted by Crippen LogP contribution is 2.24. The van der Waals surface area contributed by atoms with E-state index in [0.29, 0.717) is 5.92 Å². The molecule has 0 atom stereocenters. The van der Waals surface area contributed by atoms with Crippen molar-refractivity contribution in [2.24, 2.45) is 5.92 Å². The summed E-state index contributed by atoms with van der Waals surface area (Å²) >= 11 is 1.59. The third kappa shape index (κ3) is 3.40. The first-order valence-corrected chi connectivity index (χ1v) is 7.16. The first kappa shape index (κ1) is 13.2. The van der Waals surface area contributed by atoms with Gasteiger partial charge in [-0.2, -0.15) is 4.37 Å². The molecular weight excluding hydrogens is 240 g/mol. The van der Waals surface area contributed by atoms with Gasteiger partial charge < -0.3 is 5.32 Å². The average molecular weight is 260 g/mol. The van der Waals surface area contributed by atoms with Gasteiger partial charge in [0.05, 0.1) is 5.69 Å².